The molecule has 0 spiro atoms. The number of alkyl halides is 12. The molecule has 1 aromatic carbocycles. The third-order valence-electron chi connectivity index (χ3n) is 3.63. The molecule has 0 fully saturated rings. The van der Waals surface area contributed by atoms with Crippen LogP contribution in [-0.4, -0.2) is 46.9 Å². The summed E-state index contributed by atoms with van der Waals surface area (Å²) in [7, 11) is 0. The van der Waals surface area contributed by atoms with Gasteiger partial charge in [-0.05, 0) is 23.3 Å². The lowest BCUT2D eigenvalue weighted by Crippen LogP contribution is -2.41. The second-order valence-electron chi connectivity index (χ2n) is 5.63. The smallest absolute Gasteiger partial charge is 0.404 e. The van der Waals surface area contributed by atoms with E-state index in [4.69, 9.17) is 10.2 Å². The number of benzene rings is 1. The molecule has 30 heavy (non-hydrogen) atoms. The number of hydrogen-bond donors (Lipinski definition) is 2. The van der Waals surface area contributed by atoms with Crippen LogP contribution in [0.25, 0.3) is 0 Å². The summed E-state index contributed by atoms with van der Waals surface area (Å²) in [5.74, 6) is -15.8. The van der Waals surface area contributed by atoms with Crippen LogP contribution in [0, 0.1) is 0 Å². The summed E-state index contributed by atoms with van der Waals surface area (Å²) < 4.78 is 157. The Hall–Kier alpha value is -2.68. The molecule has 4 nitrogen and oxygen atoms in total. The van der Waals surface area contributed by atoms with Crippen molar-refractivity contribution in [2.45, 2.75) is 36.5 Å². The zero-order valence-corrected chi connectivity index (χ0v) is 13.6. The van der Waals surface area contributed by atoms with Crippen LogP contribution >= 0.6 is 0 Å². The first kappa shape index (κ1) is 25.4. The van der Waals surface area contributed by atoms with E-state index in [1.807, 2.05) is 0 Å². The van der Waals surface area contributed by atoms with Gasteiger partial charge in [0.2, 0.25) is 0 Å². The minimum atomic E-state index is -6.63. The SMILES string of the molecule is O=C(O)c1ccc(C(=O)O)c(C(C(F)(F)F)C(F)(F)F)c1C(C(F)(F)F)C(F)(F)F. The number of rotatable bonds is 4. The number of carbonyl (C=O) groups is 2. The highest BCUT2D eigenvalue weighted by atomic mass is 19.4. The van der Waals surface area contributed by atoms with Crippen molar-refractivity contribution < 1.29 is 72.5 Å². The Morgan fingerprint density at radius 3 is 0.900 bits per heavy atom. The minimum absolute atomic E-state index is 0.251. The molecule has 1 rings (SSSR count). The van der Waals surface area contributed by atoms with Crippen molar-refractivity contribution in [2.24, 2.45) is 0 Å². The Kier molecular flexibility index (Phi) is 6.37. The lowest BCUT2D eigenvalue weighted by molar-refractivity contribution is -0.262. The van der Waals surface area contributed by atoms with Crippen molar-refractivity contribution in [3.63, 3.8) is 0 Å². The van der Waals surface area contributed by atoms with Crippen LogP contribution < -0.4 is 0 Å². The molecule has 0 atom stereocenters. The lowest BCUT2D eigenvalue weighted by atomic mass is 9.79. The number of carboxylic acid groups (broad SMARTS) is 2. The van der Waals surface area contributed by atoms with E-state index >= 15 is 0 Å². The molecule has 170 valence electrons. The average molecular weight is 466 g/mol. The zero-order chi connectivity index (χ0) is 24.0. The summed E-state index contributed by atoms with van der Waals surface area (Å²) in [5.41, 5.74) is -10.5. The molecular formula is C14H6F12O4. The van der Waals surface area contributed by atoms with Gasteiger partial charge < -0.3 is 10.2 Å². The van der Waals surface area contributed by atoms with E-state index in [0.29, 0.717) is 0 Å². The normalized spacial score (nSPS) is 13.8. The van der Waals surface area contributed by atoms with Crippen LogP contribution in [0.15, 0.2) is 12.1 Å². The van der Waals surface area contributed by atoms with Gasteiger partial charge in [-0.25, -0.2) is 9.59 Å². The topological polar surface area (TPSA) is 74.6 Å². The maximum atomic E-state index is 13.1. The zero-order valence-electron chi connectivity index (χ0n) is 13.6. The number of carboxylic acids is 2. The highest BCUT2D eigenvalue weighted by Crippen LogP contribution is 2.55. The molecule has 0 amide bonds. The molecule has 0 bridgehead atoms. The largest absolute Gasteiger partial charge is 0.478 e. The lowest BCUT2D eigenvalue weighted by Gasteiger charge is -2.32. The van der Waals surface area contributed by atoms with E-state index in [1.54, 1.807) is 0 Å². The van der Waals surface area contributed by atoms with E-state index in [0.717, 1.165) is 0 Å². The van der Waals surface area contributed by atoms with E-state index in [2.05, 4.69) is 0 Å². The highest BCUT2D eigenvalue weighted by molar-refractivity contribution is 5.95. The third kappa shape index (κ3) is 5.08. The fraction of sp³-hybridized carbons (Fsp3) is 0.429. The molecular weight excluding hydrogens is 460 g/mol. The first-order valence-corrected chi connectivity index (χ1v) is 7.02. The van der Waals surface area contributed by atoms with Crippen LogP contribution in [0.5, 0.6) is 0 Å². The molecule has 0 saturated carbocycles. The average Bonchev–Trinajstić information content (AvgIpc) is 2.41. The molecule has 1 aromatic rings. The maximum absolute atomic E-state index is 13.1. The molecule has 0 aliphatic heterocycles. The van der Waals surface area contributed by atoms with Gasteiger partial charge in [0.05, 0.1) is 11.1 Å². The van der Waals surface area contributed by atoms with Crippen molar-refractivity contribution >= 4 is 11.9 Å². The number of halogens is 12. The van der Waals surface area contributed by atoms with Gasteiger partial charge in [-0.2, -0.15) is 52.7 Å². The molecule has 0 aromatic heterocycles. The molecule has 0 saturated heterocycles. The summed E-state index contributed by atoms with van der Waals surface area (Å²) in [6.45, 7) is 0. The fourth-order valence-electron chi connectivity index (χ4n) is 2.66. The molecule has 0 aliphatic rings. The van der Waals surface area contributed by atoms with Crippen molar-refractivity contribution in [1.82, 2.24) is 0 Å². The molecule has 0 aliphatic carbocycles. The standard InChI is InChI=1S/C14H6F12O4/c15-11(16,17)7(12(18,19)20)5-3(9(27)28)1-2-4(10(29)30)6(5)8(13(21,22)23)14(24,25)26/h1-2,7-8H,(H,27,28)(H,29,30). The van der Waals surface area contributed by atoms with Crippen LogP contribution in [0.3, 0.4) is 0 Å². The number of hydrogen-bond acceptors (Lipinski definition) is 2. The van der Waals surface area contributed by atoms with Crippen molar-refractivity contribution in [2.75, 3.05) is 0 Å². The van der Waals surface area contributed by atoms with Gasteiger partial charge in [-0.1, -0.05) is 0 Å². The van der Waals surface area contributed by atoms with Gasteiger partial charge in [0.1, 0.15) is 0 Å². The molecule has 0 radical (unpaired) electrons. The third-order valence-corrected chi connectivity index (χ3v) is 3.63. The Bertz CT molecular complexity index is 735. The van der Waals surface area contributed by atoms with Gasteiger partial charge in [0.25, 0.3) is 0 Å². The second kappa shape index (κ2) is 7.54. The van der Waals surface area contributed by atoms with E-state index < -0.39 is 70.7 Å². The fourth-order valence-corrected chi connectivity index (χ4v) is 2.66. The summed E-state index contributed by atoms with van der Waals surface area (Å²) in [6.07, 6.45) is -26.5. The van der Waals surface area contributed by atoms with E-state index in [1.165, 1.54) is 0 Å². The highest BCUT2D eigenvalue weighted by Gasteiger charge is 2.64. The summed E-state index contributed by atoms with van der Waals surface area (Å²) in [5, 5.41) is 17.7. The first-order chi connectivity index (χ1) is 13.1. The predicted molar refractivity (Wildman–Crippen MR) is 70.1 cm³/mol. The van der Waals surface area contributed by atoms with Crippen LogP contribution in [0.1, 0.15) is 43.7 Å². The van der Waals surface area contributed by atoms with Crippen LogP contribution in [0.4, 0.5) is 52.7 Å². The maximum Gasteiger partial charge on any atom is 0.404 e. The van der Waals surface area contributed by atoms with Gasteiger partial charge in [-0.3, -0.25) is 0 Å². The van der Waals surface area contributed by atoms with Crippen molar-refractivity contribution in [3.05, 3.63) is 34.4 Å². The van der Waals surface area contributed by atoms with Crippen LogP contribution in [-0.2, 0) is 0 Å². The van der Waals surface area contributed by atoms with E-state index in [9.17, 15) is 62.3 Å². The quantitative estimate of drug-likeness (QED) is 0.575. The minimum Gasteiger partial charge on any atom is -0.478 e. The Balaban J connectivity index is 4.40. The molecule has 0 heterocycles. The second-order valence-corrected chi connectivity index (χ2v) is 5.63. The van der Waals surface area contributed by atoms with Crippen molar-refractivity contribution in [1.29, 1.82) is 0 Å². The first-order valence-electron chi connectivity index (χ1n) is 7.02. The summed E-state index contributed by atoms with van der Waals surface area (Å²) in [6, 6.07) is -0.502. The predicted octanol–water partition coefficient (Wildman–Crippen LogP) is 5.50. The van der Waals surface area contributed by atoms with Gasteiger partial charge >= 0.3 is 36.6 Å². The Morgan fingerprint density at radius 1 is 0.567 bits per heavy atom. The van der Waals surface area contributed by atoms with Gasteiger partial charge in [0.15, 0.2) is 11.8 Å². The summed E-state index contributed by atoms with van der Waals surface area (Å²) >= 11 is 0. The van der Waals surface area contributed by atoms with Gasteiger partial charge in [-0.15, -0.1) is 0 Å². The Labute approximate surface area is 156 Å². The summed E-state index contributed by atoms with van der Waals surface area (Å²) in [4.78, 5) is 22.2. The number of aromatic carboxylic acids is 2. The molecule has 0 unspecified atom stereocenters. The Morgan fingerprint density at radius 2 is 0.767 bits per heavy atom. The van der Waals surface area contributed by atoms with Crippen LogP contribution in [0.2, 0.25) is 0 Å². The van der Waals surface area contributed by atoms with E-state index in [-0.39, 0.29) is 12.1 Å². The monoisotopic (exact) mass is 466 g/mol. The van der Waals surface area contributed by atoms with Crippen molar-refractivity contribution in [3.8, 4) is 0 Å². The van der Waals surface area contributed by atoms with Gasteiger partial charge in [0, 0.05) is 0 Å². The molecule has 16 heteroatoms. The molecule has 2 N–H and O–H groups in total.